The van der Waals surface area contributed by atoms with Crippen LogP contribution in [0.3, 0.4) is 0 Å². The Morgan fingerprint density at radius 3 is 1.91 bits per heavy atom. The number of hydrogen-bond acceptors (Lipinski definition) is 3. The lowest BCUT2D eigenvalue weighted by Gasteiger charge is -2.56. The van der Waals surface area contributed by atoms with Crippen LogP contribution in [0, 0.1) is 28.6 Å². The van der Waals surface area contributed by atoms with E-state index in [9.17, 15) is 14.7 Å². The van der Waals surface area contributed by atoms with E-state index in [0.29, 0.717) is 6.42 Å². The largest absolute Gasteiger partial charge is 0.548 e. The molecule has 0 spiro atoms. The molecule has 4 heteroatoms. The first-order valence-corrected chi connectivity index (χ1v) is 8.67. The van der Waals surface area contributed by atoms with Crippen LogP contribution in [0.1, 0.15) is 65.7 Å². The number of carboxylic acids is 1. The summed E-state index contributed by atoms with van der Waals surface area (Å²) in [7, 11) is 0. The number of amides is 1. The normalized spacial score (nSPS) is 37.9. The van der Waals surface area contributed by atoms with Gasteiger partial charge in [0.25, 0.3) is 0 Å². The topological polar surface area (TPSA) is 69.2 Å². The lowest BCUT2D eigenvalue weighted by Crippen LogP contribution is -2.56. The Morgan fingerprint density at radius 2 is 1.55 bits per heavy atom. The van der Waals surface area contributed by atoms with Crippen LogP contribution < -0.4 is 10.4 Å². The molecular weight excluding hydrogens is 278 g/mol. The molecule has 0 unspecified atom stereocenters. The van der Waals surface area contributed by atoms with Gasteiger partial charge in [0.15, 0.2) is 0 Å². The third kappa shape index (κ3) is 3.02. The van der Waals surface area contributed by atoms with Crippen LogP contribution in [0.25, 0.3) is 0 Å². The Hall–Kier alpha value is -1.06. The molecule has 0 aromatic rings. The first-order chi connectivity index (χ1) is 10.2. The quantitative estimate of drug-likeness (QED) is 0.862. The number of nitrogens with one attached hydrogen (secondary N) is 1. The van der Waals surface area contributed by atoms with Crippen molar-refractivity contribution >= 4 is 11.9 Å². The van der Waals surface area contributed by atoms with E-state index in [0.717, 1.165) is 17.8 Å². The van der Waals surface area contributed by atoms with Crippen molar-refractivity contribution < 1.29 is 14.7 Å². The number of carboxylic acid groups (broad SMARTS) is 1. The molecular formula is C18H28NO3-. The highest BCUT2D eigenvalue weighted by atomic mass is 16.4. The highest BCUT2D eigenvalue weighted by molar-refractivity contribution is 5.83. The molecule has 1 N–H and O–H groups in total. The maximum atomic E-state index is 12.5. The number of carbonyl (C=O) groups is 2. The molecule has 0 aliphatic heterocycles. The Labute approximate surface area is 133 Å². The predicted octanol–water partition coefficient (Wildman–Crippen LogP) is 1.87. The van der Waals surface area contributed by atoms with E-state index in [2.05, 4.69) is 5.32 Å². The lowest BCUT2D eigenvalue weighted by atomic mass is 9.49. The molecule has 1 atom stereocenters. The molecule has 4 aliphatic carbocycles. The molecule has 4 bridgehead atoms. The van der Waals surface area contributed by atoms with Crippen LogP contribution in [-0.2, 0) is 9.59 Å². The molecule has 4 rings (SSSR count). The summed E-state index contributed by atoms with van der Waals surface area (Å²) < 4.78 is 0. The molecule has 4 fully saturated rings. The van der Waals surface area contributed by atoms with E-state index in [1.807, 2.05) is 20.8 Å². The van der Waals surface area contributed by atoms with Gasteiger partial charge in [-0.2, -0.15) is 0 Å². The maximum Gasteiger partial charge on any atom is 0.221 e. The molecule has 0 heterocycles. The molecule has 4 nitrogen and oxygen atoms in total. The molecule has 124 valence electrons. The van der Waals surface area contributed by atoms with Gasteiger partial charge in [0.05, 0.1) is 12.0 Å². The van der Waals surface area contributed by atoms with Crippen molar-refractivity contribution in [2.45, 2.75) is 71.8 Å². The van der Waals surface area contributed by atoms with Crippen LogP contribution in [0.2, 0.25) is 0 Å². The molecule has 4 saturated carbocycles. The molecule has 0 aromatic carbocycles. The fourth-order valence-electron chi connectivity index (χ4n) is 5.69. The van der Waals surface area contributed by atoms with Gasteiger partial charge >= 0.3 is 0 Å². The van der Waals surface area contributed by atoms with Crippen molar-refractivity contribution in [3.05, 3.63) is 0 Å². The highest BCUT2D eigenvalue weighted by Crippen LogP contribution is 2.61. The summed E-state index contributed by atoms with van der Waals surface area (Å²) in [6, 6.07) is -0.922. The number of aliphatic carboxylic acids is 1. The fraction of sp³-hybridized carbons (Fsp3) is 0.889. The van der Waals surface area contributed by atoms with Crippen molar-refractivity contribution in [1.29, 1.82) is 0 Å². The monoisotopic (exact) mass is 306 g/mol. The summed E-state index contributed by atoms with van der Waals surface area (Å²) in [6.45, 7) is 5.45. The van der Waals surface area contributed by atoms with E-state index in [1.54, 1.807) is 0 Å². The maximum absolute atomic E-state index is 12.5. The van der Waals surface area contributed by atoms with Crippen molar-refractivity contribution in [2.24, 2.45) is 28.6 Å². The number of rotatable bonds is 4. The average Bonchev–Trinajstić information content (AvgIpc) is 2.31. The van der Waals surface area contributed by atoms with Crippen LogP contribution in [0.15, 0.2) is 0 Å². The number of carbonyl (C=O) groups excluding carboxylic acids is 2. The molecule has 22 heavy (non-hydrogen) atoms. The minimum absolute atomic E-state index is 0.105. The van der Waals surface area contributed by atoms with Gasteiger partial charge in [-0.05, 0) is 67.1 Å². The molecule has 0 saturated heterocycles. The molecule has 1 amide bonds. The third-order valence-corrected chi connectivity index (χ3v) is 6.11. The van der Waals surface area contributed by atoms with Gasteiger partial charge in [-0.3, -0.25) is 4.79 Å². The van der Waals surface area contributed by atoms with Gasteiger partial charge < -0.3 is 15.2 Å². The Kier molecular flexibility index (Phi) is 3.77. The van der Waals surface area contributed by atoms with Crippen molar-refractivity contribution in [2.75, 3.05) is 0 Å². The van der Waals surface area contributed by atoms with E-state index >= 15 is 0 Å². The first-order valence-electron chi connectivity index (χ1n) is 8.67. The molecule has 0 radical (unpaired) electrons. The number of hydrogen-bond donors (Lipinski definition) is 1. The first kappa shape index (κ1) is 15.8. The van der Waals surface area contributed by atoms with Crippen molar-refractivity contribution in [3.63, 3.8) is 0 Å². The fourth-order valence-corrected chi connectivity index (χ4v) is 5.69. The summed E-state index contributed by atoms with van der Waals surface area (Å²) in [5, 5.41) is 14.1. The van der Waals surface area contributed by atoms with Gasteiger partial charge in [-0.15, -0.1) is 0 Å². The van der Waals surface area contributed by atoms with Gasteiger partial charge in [0.2, 0.25) is 5.91 Å². The van der Waals surface area contributed by atoms with E-state index in [-0.39, 0.29) is 11.3 Å². The second-order valence-electron chi connectivity index (χ2n) is 9.28. The van der Waals surface area contributed by atoms with Gasteiger partial charge in [-0.25, -0.2) is 0 Å². The van der Waals surface area contributed by atoms with Crippen LogP contribution >= 0.6 is 0 Å². The summed E-state index contributed by atoms with van der Waals surface area (Å²) in [5.41, 5.74) is -0.386. The zero-order chi connectivity index (χ0) is 16.1. The molecule has 4 aliphatic rings. The Balaban J connectivity index is 1.65. The third-order valence-electron chi connectivity index (χ3n) is 6.11. The summed E-state index contributed by atoms with van der Waals surface area (Å²) in [6.07, 6.45) is 8.05. The van der Waals surface area contributed by atoms with Gasteiger partial charge in [-0.1, -0.05) is 20.8 Å². The van der Waals surface area contributed by atoms with E-state index < -0.39 is 17.4 Å². The second-order valence-corrected chi connectivity index (χ2v) is 9.28. The van der Waals surface area contributed by atoms with Crippen LogP contribution in [-0.4, -0.2) is 17.9 Å². The second kappa shape index (κ2) is 5.24. The average molecular weight is 306 g/mol. The van der Waals surface area contributed by atoms with E-state index in [4.69, 9.17) is 0 Å². The predicted molar refractivity (Wildman–Crippen MR) is 81.6 cm³/mol. The lowest BCUT2D eigenvalue weighted by molar-refractivity contribution is -0.310. The smallest absolute Gasteiger partial charge is 0.221 e. The summed E-state index contributed by atoms with van der Waals surface area (Å²) in [5.74, 6) is 1.12. The zero-order valence-corrected chi connectivity index (χ0v) is 14.0. The van der Waals surface area contributed by atoms with Crippen LogP contribution in [0.4, 0.5) is 0 Å². The Bertz CT molecular complexity index is 442. The minimum Gasteiger partial charge on any atom is -0.548 e. The highest BCUT2D eigenvalue weighted by Gasteiger charge is 2.51. The Morgan fingerprint density at radius 1 is 1.09 bits per heavy atom. The van der Waals surface area contributed by atoms with Crippen molar-refractivity contribution in [1.82, 2.24) is 5.32 Å². The zero-order valence-electron chi connectivity index (χ0n) is 14.0. The summed E-state index contributed by atoms with van der Waals surface area (Å²) in [4.78, 5) is 23.8. The van der Waals surface area contributed by atoms with Crippen molar-refractivity contribution in [3.8, 4) is 0 Å². The summed E-state index contributed by atoms with van der Waals surface area (Å²) >= 11 is 0. The minimum atomic E-state index is -1.19. The van der Waals surface area contributed by atoms with E-state index in [1.165, 1.54) is 38.5 Å². The van der Waals surface area contributed by atoms with Gasteiger partial charge in [0.1, 0.15) is 0 Å². The molecule has 0 aromatic heterocycles. The van der Waals surface area contributed by atoms with Crippen LogP contribution in [0.5, 0.6) is 0 Å². The standard InChI is InChI=1S/C18H29NO3/c1-17(2,3)15(16(21)22)19-14(20)10-18-7-11-4-12(8-18)6-13(5-11)9-18/h11-13,15H,4-10H2,1-3H3,(H,19,20)(H,21,22)/p-1/t11?,12?,13?,15-,18?/m1/s1. The SMILES string of the molecule is CC(C)(C)[C@H](NC(=O)CC12CC3CC(CC(C3)C1)C2)C(=O)[O-]. The van der Waals surface area contributed by atoms with Gasteiger partial charge in [0, 0.05) is 6.42 Å².